The van der Waals surface area contributed by atoms with Crippen LogP contribution in [0.3, 0.4) is 0 Å². The Labute approximate surface area is 112 Å². The normalized spacial score (nSPS) is 21.4. The zero-order valence-corrected chi connectivity index (χ0v) is 11.9. The number of piperidine rings is 1. The molecule has 1 heterocycles. The van der Waals surface area contributed by atoms with Crippen molar-refractivity contribution < 1.29 is 4.74 Å². The van der Waals surface area contributed by atoms with Crippen molar-refractivity contribution in [2.24, 2.45) is 5.92 Å². The monoisotopic (exact) mass is 297 g/mol. The quantitative estimate of drug-likeness (QED) is 0.791. The van der Waals surface area contributed by atoms with E-state index in [4.69, 9.17) is 4.74 Å². The second kappa shape index (κ2) is 6.41. The van der Waals surface area contributed by atoms with E-state index in [-0.39, 0.29) is 0 Å². The molecule has 2 nitrogen and oxygen atoms in total. The van der Waals surface area contributed by atoms with Gasteiger partial charge < -0.3 is 4.74 Å². The Hall–Kier alpha value is -0.540. The van der Waals surface area contributed by atoms with Crippen molar-refractivity contribution in [2.75, 3.05) is 25.5 Å². The number of alkyl halides is 1. The molecule has 1 saturated heterocycles. The van der Waals surface area contributed by atoms with Crippen LogP contribution in [0.5, 0.6) is 5.75 Å². The summed E-state index contributed by atoms with van der Waals surface area (Å²) in [5.41, 5.74) is 1.38. The van der Waals surface area contributed by atoms with Gasteiger partial charge in [-0.05, 0) is 43.0 Å². The first-order valence-corrected chi connectivity index (χ1v) is 7.35. The molecule has 0 aromatic heterocycles. The SMILES string of the molecule is COc1ccc(CN2CCCC(CBr)C2)cc1. The summed E-state index contributed by atoms with van der Waals surface area (Å²) in [7, 11) is 1.71. The number of methoxy groups -OCH3 is 1. The van der Waals surface area contributed by atoms with Gasteiger partial charge >= 0.3 is 0 Å². The zero-order valence-electron chi connectivity index (χ0n) is 10.4. The summed E-state index contributed by atoms with van der Waals surface area (Å²) in [6, 6.07) is 8.41. The molecule has 1 aliphatic rings. The van der Waals surface area contributed by atoms with E-state index in [2.05, 4.69) is 33.0 Å². The summed E-state index contributed by atoms with van der Waals surface area (Å²) in [4.78, 5) is 2.55. The van der Waals surface area contributed by atoms with E-state index in [0.29, 0.717) is 0 Å². The van der Waals surface area contributed by atoms with Gasteiger partial charge in [-0.3, -0.25) is 4.90 Å². The maximum atomic E-state index is 5.17. The lowest BCUT2D eigenvalue weighted by molar-refractivity contribution is 0.179. The molecule has 0 aliphatic carbocycles. The first kappa shape index (κ1) is 12.9. The van der Waals surface area contributed by atoms with Gasteiger partial charge in [0.05, 0.1) is 7.11 Å². The number of likely N-dealkylation sites (tertiary alicyclic amines) is 1. The second-order valence-corrected chi connectivity index (χ2v) is 5.39. The Morgan fingerprint density at radius 2 is 2.12 bits per heavy atom. The van der Waals surface area contributed by atoms with Crippen LogP contribution in [0.15, 0.2) is 24.3 Å². The van der Waals surface area contributed by atoms with Gasteiger partial charge in [0.15, 0.2) is 0 Å². The molecule has 0 saturated carbocycles. The number of hydrogen-bond donors (Lipinski definition) is 0. The van der Waals surface area contributed by atoms with Crippen molar-refractivity contribution in [3.63, 3.8) is 0 Å². The van der Waals surface area contributed by atoms with Gasteiger partial charge in [-0.25, -0.2) is 0 Å². The van der Waals surface area contributed by atoms with Crippen LogP contribution in [0, 0.1) is 5.92 Å². The van der Waals surface area contributed by atoms with Crippen LogP contribution in [-0.4, -0.2) is 30.4 Å². The number of hydrogen-bond acceptors (Lipinski definition) is 2. The fraction of sp³-hybridized carbons (Fsp3) is 0.571. The highest BCUT2D eigenvalue weighted by Gasteiger charge is 2.18. The minimum absolute atomic E-state index is 0.821. The summed E-state index contributed by atoms with van der Waals surface area (Å²) in [5.74, 6) is 1.76. The maximum Gasteiger partial charge on any atom is 0.118 e. The molecule has 0 spiro atoms. The Morgan fingerprint density at radius 1 is 1.35 bits per heavy atom. The molecule has 94 valence electrons. The summed E-state index contributed by atoms with van der Waals surface area (Å²) in [5, 5.41) is 1.13. The van der Waals surface area contributed by atoms with Crippen LogP contribution in [0.4, 0.5) is 0 Å². The molecule has 0 amide bonds. The van der Waals surface area contributed by atoms with Gasteiger partial charge in [0.1, 0.15) is 5.75 Å². The molecule has 1 fully saturated rings. The van der Waals surface area contributed by atoms with Gasteiger partial charge in [0.2, 0.25) is 0 Å². The van der Waals surface area contributed by atoms with E-state index in [9.17, 15) is 0 Å². The molecule has 0 N–H and O–H groups in total. The van der Waals surface area contributed by atoms with Crippen molar-refractivity contribution in [3.8, 4) is 5.75 Å². The molecule has 1 aromatic carbocycles. The van der Waals surface area contributed by atoms with Gasteiger partial charge in [-0.15, -0.1) is 0 Å². The summed E-state index contributed by atoms with van der Waals surface area (Å²) >= 11 is 3.60. The minimum atomic E-state index is 0.821. The smallest absolute Gasteiger partial charge is 0.118 e. The third-order valence-electron chi connectivity index (χ3n) is 3.39. The number of rotatable bonds is 4. The third-order valence-corrected chi connectivity index (χ3v) is 4.30. The second-order valence-electron chi connectivity index (χ2n) is 4.75. The fourth-order valence-corrected chi connectivity index (χ4v) is 2.94. The van der Waals surface area contributed by atoms with Crippen LogP contribution in [-0.2, 0) is 6.54 Å². The Bertz CT molecular complexity index is 339. The molecular formula is C14H20BrNO. The number of halogens is 1. The minimum Gasteiger partial charge on any atom is -0.497 e. The number of ether oxygens (including phenoxy) is 1. The van der Waals surface area contributed by atoms with E-state index >= 15 is 0 Å². The summed E-state index contributed by atoms with van der Waals surface area (Å²) < 4.78 is 5.17. The number of benzene rings is 1. The third kappa shape index (κ3) is 3.71. The first-order chi connectivity index (χ1) is 8.31. The van der Waals surface area contributed by atoms with Crippen LogP contribution in [0.1, 0.15) is 18.4 Å². The lowest BCUT2D eigenvalue weighted by Gasteiger charge is -2.31. The molecule has 3 heteroatoms. The van der Waals surface area contributed by atoms with Crippen molar-refractivity contribution in [2.45, 2.75) is 19.4 Å². The zero-order chi connectivity index (χ0) is 12.1. The lowest BCUT2D eigenvalue weighted by Crippen LogP contribution is -2.35. The molecule has 1 aromatic rings. The van der Waals surface area contributed by atoms with E-state index in [0.717, 1.165) is 23.5 Å². The molecule has 0 bridgehead atoms. The van der Waals surface area contributed by atoms with Crippen molar-refractivity contribution in [3.05, 3.63) is 29.8 Å². The van der Waals surface area contributed by atoms with Gasteiger partial charge in [0, 0.05) is 18.4 Å². The first-order valence-electron chi connectivity index (χ1n) is 6.23. The lowest BCUT2D eigenvalue weighted by atomic mass is 10.00. The highest BCUT2D eigenvalue weighted by atomic mass is 79.9. The highest BCUT2D eigenvalue weighted by Crippen LogP contribution is 2.20. The van der Waals surface area contributed by atoms with Crippen molar-refractivity contribution in [1.82, 2.24) is 4.90 Å². The largest absolute Gasteiger partial charge is 0.497 e. The Morgan fingerprint density at radius 3 is 2.76 bits per heavy atom. The van der Waals surface area contributed by atoms with Gasteiger partial charge in [-0.2, -0.15) is 0 Å². The van der Waals surface area contributed by atoms with Gasteiger partial charge in [-0.1, -0.05) is 28.1 Å². The van der Waals surface area contributed by atoms with Crippen LogP contribution >= 0.6 is 15.9 Å². The molecule has 1 aliphatic heterocycles. The molecule has 17 heavy (non-hydrogen) atoms. The Balaban J connectivity index is 1.90. The Kier molecular flexibility index (Phi) is 4.86. The van der Waals surface area contributed by atoms with Crippen molar-refractivity contribution in [1.29, 1.82) is 0 Å². The van der Waals surface area contributed by atoms with Crippen LogP contribution < -0.4 is 4.74 Å². The van der Waals surface area contributed by atoms with E-state index in [1.165, 1.54) is 31.5 Å². The molecule has 2 rings (SSSR count). The predicted molar refractivity (Wildman–Crippen MR) is 74.8 cm³/mol. The van der Waals surface area contributed by atoms with E-state index < -0.39 is 0 Å². The van der Waals surface area contributed by atoms with E-state index in [1.807, 2.05) is 12.1 Å². The van der Waals surface area contributed by atoms with Crippen LogP contribution in [0.25, 0.3) is 0 Å². The number of nitrogens with zero attached hydrogens (tertiary/aromatic N) is 1. The van der Waals surface area contributed by atoms with Gasteiger partial charge in [0.25, 0.3) is 0 Å². The summed E-state index contributed by atoms with van der Waals surface area (Å²) in [6.45, 7) is 3.51. The molecular weight excluding hydrogens is 278 g/mol. The molecule has 0 radical (unpaired) electrons. The summed E-state index contributed by atoms with van der Waals surface area (Å²) in [6.07, 6.45) is 2.69. The average Bonchev–Trinajstić information content (AvgIpc) is 2.40. The predicted octanol–water partition coefficient (Wildman–Crippen LogP) is 3.30. The maximum absolute atomic E-state index is 5.17. The molecule has 1 unspecified atom stereocenters. The average molecular weight is 298 g/mol. The highest BCUT2D eigenvalue weighted by molar-refractivity contribution is 9.09. The van der Waals surface area contributed by atoms with E-state index in [1.54, 1.807) is 7.11 Å². The standard InChI is InChI=1S/C14H20BrNO/c1-17-14-6-4-12(5-7-14)10-16-8-2-3-13(9-15)11-16/h4-7,13H,2-3,8-11H2,1H3. The molecule has 1 atom stereocenters. The fourth-order valence-electron chi connectivity index (χ4n) is 2.41. The van der Waals surface area contributed by atoms with Crippen molar-refractivity contribution >= 4 is 15.9 Å². The topological polar surface area (TPSA) is 12.5 Å². The van der Waals surface area contributed by atoms with Crippen LogP contribution in [0.2, 0.25) is 0 Å².